The number of aryl methyl sites for hydroxylation is 1. The summed E-state index contributed by atoms with van der Waals surface area (Å²) >= 11 is 9.51. The van der Waals surface area contributed by atoms with Crippen molar-refractivity contribution in [1.82, 2.24) is 34.2 Å². The molecule has 5 rings (SSSR count). The van der Waals surface area contributed by atoms with Crippen molar-refractivity contribution in [2.45, 2.75) is 20.2 Å². The van der Waals surface area contributed by atoms with Gasteiger partial charge in [0.2, 0.25) is 0 Å². The average Bonchev–Trinajstić information content (AvgIpc) is 3.55. The molecule has 34 heavy (non-hydrogen) atoms. The van der Waals surface area contributed by atoms with Gasteiger partial charge in [0.05, 0.1) is 28.2 Å². The highest BCUT2D eigenvalue weighted by atomic mass is 79.9. The van der Waals surface area contributed by atoms with E-state index >= 15 is 0 Å². The average molecular weight is 542 g/mol. The predicted octanol–water partition coefficient (Wildman–Crippen LogP) is 4.51. The van der Waals surface area contributed by atoms with Crippen molar-refractivity contribution in [3.8, 4) is 17.1 Å². The Kier molecular flexibility index (Phi) is 6.03. The van der Waals surface area contributed by atoms with Gasteiger partial charge in [0.25, 0.3) is 5.91 Å². The molecule has 0 bridgehead atoms. The van der Waals surface area contributed by atoms with Crippen molar-refractivity contribution in [3.05, 3.63) is 76.4 Å². The quantitative estimate of drug-likeness (QED) is 0.325. The second kappa shape index (κ2) is 9.27. The summed E-state index contributed by atoms with van der Waals surface area (Å²) < 4.78 is 11.5. The first-order valence-corrected chi connectivity index (χ1v) is 11.5. The molecule has 0 unspecified atom stereocenters. The molecule has 1 N–H and O–H groups in total. The van der Waals surface area contributed by atoms with Crippen LogP contribution in [0.15, 0.2) is 65.7 Å². The lowest BCUT2D eigenvalue weighted by Gasteiger charge is -2.06. The van der Waals surface area contributed by atoms with Gasteiger partial charge in [-0.2, -0.15) is 15.3 Å². The van der Waals surface area contributed by atoms with E-state index in [0.29, 0.717) is 33.5 Å². The summed E-state index contributed by atoms with van der Waals surface area (Å²) in [5.74, 6) is 0.238. The first-order valence-electron chi connectivity index (χ1n) is 10.3. The normalized spacial score (nSPS) is 11.1. The first kappa shape index (κ1) is 22.1. The number of benzene rings is 1. The number of rotatable bonds is 7. The van der Waals surface area contributed by atoms with Crippen LogP contribution in [-0.4, -0.2) is 40.1 Å². The van der Waals surface area contributed by atoms with Crippen molar-refractivity contribution >= 4 is 44.8 Å². The Bertz CT molecular complexity index is 1490. The SMILES string of the molecule is CCn1cc(Br)c(-c2ccnc3cc(C(=O)Nc4cnn(COc5cccc(Cl)c5)c4)nn23)n1. The molecule has 1 amide bonds. The van der Waals surface area contributed by atoms with Gasteiger partial charge in [-0.25, -0.2) is 14.2 Å². The van der Waals surface area contributed by atoms with E-state index in [0.717, 1.165) is 11.0 Å². The van der Waals surface area contributed by atoms with Crippen LogP contribution in [0.3, 0.4) is 0 Å². The molecular weight excluding hydrogens is 524 g/mol. The Morgan fingerprint density at radius 1 is 1.18 bits per heavy atom. The summed E-state index contributed by atoms with van der Waals surface area (Å²) in [5, 5.41) is 16.6. The van der Waals surface area contributed by atoms with E-state index in [4.69, 9.17) is 16.3 Å². The summed E-state index contributed by atoms with van der Waals surface area (Å²) in [6.07, 6.45) is 6.76. The number of carbonyl (C=O) groups is 1. The third kappa shape index (κ3) is 4.52. The Labute approximate surface area is 207 Å². The van der Waals surface area contributed by atoms with Gasteiger partial charge in [0.15, 0.2) is 18.1 Å². The predicted molar refractivity (Wildman–Crippen MR) is 130 cm³/mol. The van der Waals surface area contributed by atoms with Gasteiger partial charge in [-0.3, -0.25) is 9.48 Å². The third-order valence-electron chi connectivity index (χ3n) is 4.92. The minimum atomic E-state index is -0.384. The number of anilines is 1. The summed E-state index contributed by atoms with van der Waals surface area (Å²) in [4.78, 5) is 17.2. The highest BCUT2D eigenvalue weighted by Gasteiger charge is 2.18. The number of nitrogens with one attached hydrogen (secondary N) is 1. The molecule has 10 nitrogen and oxygen atoms in total. The number of fused-ring (bicyclic) bond motifs is 1. The van der Waals surface area contributed by atoms with Gasteiger partial charge < -0.3 is 10.1 Å². The molecule has 0 fully saturated rings. The zero-order chi connectivity index (χ0) is 23.7. The van der Waals surface area contributed by atoms with E-state index in [9.17, 15) is 4.79 Å². The number of hydrogen-bond acceptors (Lipinski definition) is 6. The fourth-order valence-corrected chi connectivity index (χ4v) is 4.01. The maximum absolute atomic E-state index is 12.8. The first-order chi connectivity index (χ1) is 16.5. The molecule has 4 aromatic heterocycles. The molecule has 5 aromatic rings. The molecule has 0 saturated heterocycles. The van der Waals surface area contributed by atoms with E-state index in [1.54, 1.807) is 58.0 Å². The molecule has 172 valence electrons. The number of amides is 1. The molecule has 0 aliphatic rings. The minimum absolute atomic E-state index is 0.164. The summed E-state index contributed by atoms with van der Waals surface area (Å²) in [6.45, 7) is 2.90. The molecule has 0 radical (unpaired) electrons. The Hall–Kier alpha value is -3.70. The zero-order valence-corrected chi connectivity index (χ0v) is 20.2. The minimum Gasteiger partial charge on any atom is -0.471 e. The van der Waals surface area contributed by atoms with Crippen molar-refractivity contribution in [2.24, 2.45) is 0 Å². The van der Waals surface area contributed by atoms with Gasteiger partial charge >= 0.3 is 0 Å². The fourth-order valence-electron chi connectivity index (χ4n) is 3.31. The summed E-state index contributed by atoms with van der Waals surface area (Å²) in [5.41, 5.74) is 2.69. The number of ether oxygens (including phenoxy) is 1. The summed E-state index contributed by atoms with van der Waals surface area (Å²) in [7, 11) is 0. The maximum atomic E-state index is 12.8. The van der Waals surface area contributed by atoms with E-state index in [2.05, 4.69) is 41.5 Å². The topological polar surface area (TPSA) is 104 Å². The number of hydrogen-bond donors (Lipinski definition) is 1. The molecule has 0 aliphatic carbocycles. The number of halogens is 2. The molecule has 12 heteroatoms. The van der Waals surface area contributed by atoms with Gasteiger partial charge in [-0.1, -0.05) is 17.7 Å². The zero-order valence-electron chi connectivity index (χ0n) is 17.9. The molecule has 4 heterocycles. The largest absolute Gasteiger partial charge is 0.471 e. The van der Waals surface area contributed by atoms with Crippen LogP contribution in [0.4, 0.5) is 5.69 Å². The van der Waals surface area contributed by atoms with E-state index < -0.39 is 0 Å². The van der Waals surface area contributed by atoms with Crippen molar-refractivity contribution in [3.63, 3.8) is 0 Å². The van der Waals surface area contributed by atoms with Crippen LogP contribution in [0, 0.1) is 0 Å². The second-order valence-corrected chi connectivity index (χ2v) is 8.56. The lowest BCUT2D eigenvalue weighted by molar-refractivity contribution is 0.102. The lowest BCUT2D eigenvalue weighted by atomic mass is 10.3. The Balaban J connectivity index is 1.32. The smallest absolute Gasteiger partial charge is 0.276 e. The molecule has 1 aromatic carbocycles. The molecule has 0 spiro atoms. The van der Waals surface area contributed by atoms with Crippen LogP contribution in [-0.2, 0) is 13.3 Å². The molecular formula is C22H18BrClN8O2. The fraction of sp³-hybridized carbons (Fsp3) is 0.136. The lowest BCUT2D eigenvalue weighted by Crippen LogP contribution is -2.12. The van der Waals surface area contributed by atoms with E-state index in [1.807, 2.05) is 17.8 Å². The van der Waals surface area contributed by atoms with Crippen molar-refractivity contribution < 1.29 is 9.53 Å². The number of nitrogens with zero attached hydrogens (tertiary/aromatic N) is 7. The molecule has 0 saturated carbocycles. The van der Waals surface area contributed by atoms with E-state index in [1.165, 1.54) is 6.20 Å². The van der Waals surface area contributed by atoms with Crippen LogP contribution in [0.25, 0.3) is 17.0 Å². The standard InChI is InChI=1S/C22H18BrClN8O2/c1-2-30-12-17(23)21(29-30)19-6-7-25-20-9-18(28-32(19)20)22(33)27-15-10-26-31(11-15)13-34-16-5-3-4-14(24)8-16/h3-12H,2,13H2,1H3,(H,27,33). The molecule has 0 atom stereocenters. The highest BCUT2D eigenvalue weighted by molar-refractivity contribution is 9.10. The van der Waals surface area contributed by atoms with Gasteiger partial charge in [0, 0.05) is 30.0 Å². The number of aromatic nitrogens is 7. The van der Waals surface area contributed by atoms with Gasteiger partial charge in [-0.05, 0) is 47.1 Å². The Morgan fingerprint density at radius 3 is 2.85 bits per heavy atom. The van der Waals surface area contributed by atoms with E-state index in [-0.39, 0.29) is 18.3 Å². The number of carbonyl (C=O) groups excluding carboxylic acids is 1. The second-order valence-electron chi connectivity index (χ2n) is 7.26. The Morgan fingerprint density at radius 2 is 2.06 bits per heavy atom. The monoisotopic (exact) mass is 540 g/mol. The van der Waals surface area contributed by atoms with Crippen LogP contribution < -0.4 is 10.1 Å². The van der Waals surface area contributed by atoms with Crippen molar-refractivity contribution in [2.75, 3.05) is 5.32 Å². The highest BCUT2D eigenvalue weighted by Crippen LogP contribution is 2.27. The summed E-state index contributed by atoms with van der Waals surface area (Å²) in [6, 6.07) is 10.5. The van der Waals surface area contributed by atoms with Gasteiger partial charge in [0.1, 0.15) is 11.4 Å². The van der Waals surface area contributed by atoms with Crippen molar-refractivity contribution in [1.29, 1.82) is 0 Å². The molecule has 0 aliphatic heterocycles. The van der Waals surface area contributed by atoms with Crippen LogP contribution >= 0.6 is 27.5 Å². The van der Waals surface area contributed by atoms with Gasteiger partial charge in [-0.15, -0.1) is 0 Å². The van der Waals surface area contributed by atoms with Crippen LogP contribution in [0.2, 0.25) is 5.02 Å². The van der Waals surface area contributed by atoms with Crippen LogP contribution in [0.1, 0.15) is 17.4 Å². The maximum Gasteiger partial charge on any atom is 0.276 e. The van der Waals surface area contributed by atoms with Crippen LogP contribution in [0.5, 0.6) is 5.75 Å². The third-order valence-corrected chi connectivity index (χ3v) is 5.74.